The van der Waals surface area contributed by atoms with Crippen LogP contribution in [-0.2, 0) is 15.7 Å². The first-order chi connectivity index (χ1) is 16.1. The van der Waals surface area contributed by atoms with E-state index in [2.05, 4.69) is 20.4 Å². The molecule has 178 valence electrons. The number of carbonyl (C=O) groups excluding carboxylic acids is 2. The van der Waals surface area contributed by atoms with E-state index in [0.29, 0.717) is 0 Å². The van der Waals surface area contributed by atoms with Crippen LogP contribution in [0.2, 0.25) is 0 Å². The van der Waals surface area contributed by atoms with Gasteiger partial charge in [0.2, 0.25) is 0 Å². The van der Waals surface area contributed by atoms with Gasteiger partial charge in [0, 0.05) is 17.6 Å². The van der Waals surface area contributed by atoms with Crippen molar-refractivity contribution in [2.24, 2.45) is 0 Å². The molecule has 0 saturated heterocycles. The molecule has 0 saturated carbocycles. The van der Waals surface area contributed by atoms with Gasteiger partial charge in [-0.25, -0.2) is 9.78 Å². The van der Waals surface area contributed by atoms with Gasteiger partial charge in [-0.3, -0.25) is 4.79 Å². The lowest BCUT2D eigenvalue weighted by Crippen LogP contribution is -2.21. The number of aromatic nitrogens is 1. The van der Waals surface area contributed by atoms with Crippen LogP contribution in [0.3, 0.4) is 0 Å². The third-order valence-corrected chi connectivity index (χ3v) is 4.18. The van der Waals surface area contributed by atoms with Crippen LogP contribution < -0.4 is 15.4 Å². The number of pyridine rings is 1. The van der Waals surface area contributed by atoms with Crippen molar-refractivity contribution in [3.05, 3.63) is 78.0 Å². The molecule has 34 heavy (non-hydrogen) atoms. The summed E-state index contributed by atoms with van der Waals surface area (Å²) < 4.78 is 72.3. The third-order valence-electron chi connectivity index (χ3n) is 4.18. The highest BCUT2D eigenvalue weighted by Crippen LogP contribution is 2.31. The van der Waals surface area contributed by atoms with Crippen molar-refractivity contribution in [1.82, 2.24) is 4.98 Å². The predicted octanol–water partition coefficient (Wildman–Crippen LogP) is 5.24. The average molecular weight is 481 g/mol. The van der Waals surface area contributed by atoms with Gasteiger partial charge in [0.25, 0.3) is 5.91 Å². The zero-order valence-electron chi connectivity index (χ0n) is 17.1. The number of carbonyl (C=O) groups is 2. The molecule has 12 heteroatoms. The molecule has 2 aromatic carbocycles. The number of nitrogens with one attached hydrogen (secondary N) is 2. The molecule has 2 N–H and O–H groups in total. The Morgan fingerprint density at radius 2 is 1.71 bits per heavy atom. The van der Waals surface area contributed by atoms with Crippen molar-refractivity contribution in [2.45, 2.75) is 12.8 Å². The second-order valence-electron chi connectivity index (χ2n) is 6.63. The summed E-state index contributed by atoms with van der Waals surface area (Å²) in [6.45, 7) is -3.67. The van der Waals surface area contributed by atoms with Crippen LogP contribution in [0.1, 0.15) is 15.9 Å². The Morgan fingerprint density at radius 3 is 2.38 bits per heavy atom. The number of hydrogen-bond donors (Lipinski definition) is 2. The number of esters is 1. The summed E-state index contributed by atoms with van der Waals surface area (Å²) in [6.07, 6.45) is -3.23. The summed E-state index contributed by atoms with van der Waals surface area (Å²) in [4.78, 5) is 28.4. The van der Waals surface area contributed by atoms with Gasteiger partial charge >= 0.3 is 18.8 Å². The van der Waals surface area contributed by atoms with Crippen LogP contribution in [-0.4, -0.2) is 30.1 Å². The standard InChI is InChI=1S/C22H16F5N3O4/c23-21(24)34-16-8-6-14(7-9-16)29-18(31)12-33-20(32)17-5-2-10-28-19(17)30-15-4-1-3-13(11-15)22(25,26)27/h1-11,21H,12H2,(H,28,30)(H,29,31). The molecule has 1 aromatic heterocycles. The Balaban J connectivity index is 1.61. The molecule has 0 radical (unpaired) electrons. The van der Waals surface area contributed by atoms with Gasteiger partial charge in [0.15, 0.2) is 6.61 Å². The molecule has 0 aliphatic rings. The first kappa shape index (κ1) is 24.4. The second kappa shape index (κ2) is 10.6. The molecule has 0 aliphatic carbocycles. The largest absolute Gasteiger partial charge is 0.452 e. The van der Waals surface area contributed by atoms with E-state index in [1.165, 1.54) is 54.7 Å². The number of alkyl halides is 5. The van der Waals surface area contributed by atoms with E-state index in [9.17, 15) is 31.5 Å². The van der Waals surface area contributed by atoms with Crippen molar-refractivity contribution >= 4 is 29.1 Å². The molecule has 0 unspecified atom stereocenters. The summed E-state index contributed by atoms with van der Waals surface area (Å²) in [5.41, 5.74) is -0.709. The number of amides is 1. The first-order valence-electron chi connectivity index (χ1n) is 9.53. The van der Waals surface area contributed by atoms with Crippen molar-refractivity contribution in [1.29, 1.82) is 0 Å². The monoisotopic (exact) mass is 481 g/mol. The van der Waals surface area contributed by atoms with Crippen LogP contribution in [0.4, 0.5) is 39.1 Å². The van der Waals surface area contributed by atoms with E-state index >= 15 is 0 Å². The van der Waals surface area contributed by atoms with Gasteiger partial charge in [0.1, 0.15) is 17.1 Å². The van der Waals surface area contributed by atoms with E-state index in [1.54, 1.807) is 0 Å². The summed E-state index contributed by atoms with van der Waals surface area (Å²) in [7, 11) is 0. The van der Waals surface area contributed by atoms with Crippen molar-refractivity contribution in [2.75, 3.05) is 17.2 Å². The van der Waals surface area contributed by atoms with Crippen LogP contribution >= 0.6 is 0 Å². The van der Waals surface area contributed by atoms with E-state index in [-0.39, 0.29) is 28.5 Å². The SMILES string of the molecule is O=C(COC(=O)c1cccnc1Nc1cccc(C(F)(F)F)c1)Nc1ccc(OC(F)F)cc1. The molecule has 7 nitrogen and oxygen atoms in total. The van der Waals surface area contributed by atoms with E-state index in [4.69, 9.17) is 4.74 Å². The fourth-order valence-electron chi connectivity index (χ4n) is 2.71. The van der Waals surface area contributed by atoms with Crippen molar-refractivity contribution < 1.29 is 41.0 Å². The number of halogens is 5. The summed E-state index contributed by atoms with van der Waals surface area (Å²) in [5, 5.41) is 5.04. The van der Waals surface area contributed by atoms with Gasteiger partial charge in [-0.05, 0) is 54.6 Å². The van der Waals surface area contributed by atoms with Gasteiger partial charge in [-0.15, -0.1) is 0 Å². The van der Waals surface area contributed by atoms with E-state index in [1.807, 2.05) is 0 Å². The maximum Gasteiger partial charge on any atom is 0.416 e. The molecule has 0 aliphatic heterocycles. The molecule has 1 heterocycles. The topological polar surface area (TPSA) is 89.6 Å². The first-order valence-corrected chi connectivity index (χ1v) is 9.53. The molecule has 3 rings (SSSR count). The Labute approximate surface area is 189 Å². The summed E-state index contributed by atoms with van der Waals surface area (Å²) in [5.74, 6) is -1.83. The third kappa shape index (κ3) is 6.89. The number of ether oxygens (including phenoxy) is 2. The molecule has 0 fully saturated rings. The zero-order valence-corrected chi connectivity index (χ0v) is 17.1. The van der Waals surface area contributed by atoms with Crippen LogP contribution in [0.25, 0.3) is 0 Å². The minimum Gasteiger partial charge on any atom is -0.452 e. The minimum absolute atomic E-state index is 0.0413. The van der Waals surface area contributed by atoms with E-state index in [0.717, 1.165) is 12.1 Å². The van der Waals surface area contributed by atoms with Crippen molar-refractivity contribution in [3.8, 4) is 5.75 Å². The molecule has 0 bridgehead atoms. The average Bonchev–Trinajstić information content (AvgIpc) is 2.78. The molecular weight excluding hydrogens is 465 g/mol. The zero-order chi connectivity index (χ0) is 24.7. The smallest absolute Gasteiger partial charge is 0.416 e. The molecule has 1 amide bonds. The highest BCUT2D eigenvalue weighted by atomic mass is 19.4. The number of hydrogen-bond acceptors (Lipinski definition) is 6. The number of anilines is 3. The second-order valence-corrected chi connectivity index (χ2v) is 6.63. The highest BCUT2D eigenvalue weighted by Gasteiger charge is 2.30. The molecule has 0 spiro atoms. The predicted molar refractivity (Wildman–Crippen MR) is 111 cm³/mol. The normalized spacial score (nSPS) is 11.1. The van der Waals surface area contributed by atoms with E-state index < -0.39 is 36.8 Å². The minimum atomic E-state index is -4.55. The van der Waals surface area contributed by atoms with Crippen LogP contribution in [0.15, 0.2) is 66.9 Å². The molecule has 3 aromatic rings. The van der Waals surface area contributed by atoms with Crippen LogP contribution in [0, 0.1) is 0 Å². The fraction of sp³-hybridized carbons (Fsp3) is 0.136. The number of benzene rings is 2. The highest BCUT2D eigenvalue weighted by molar-refractivity contribution is 5.98. The number of rotatable bonds is 8. The Bertz CT molecular complexity index is 1150. The lowest BCUT2D eigenvalue weighted by molar-refractivity contribution is -0.137. The van der Waals surface area contributed by atoms with Gasteiger partial charge < -0.3 is 20.1 Å². The fourth-order valence-corrected chi connectivity index (χ4v) is 2.71. The quantitative estimate of drug-likeness (QED) is 0.338. The Hall–Kier alpha value is -4.22. The van der Waals surface area contributed by atoms with Gasteiger partial charge in [-0.1, -0.05) is 6.07 Å². The Morgan fingerprint density at radius 1 is 0.971 bits per heavy atom. The van der Waals surface area contributed by atoms with Crippen LogP contribution in [0.5, 0.6) is 5.75 Å². The number of nitrogens with zero attached hydrogens (tertiary/aromatic N) is 1. The molecular formula is C22H16F5N3O4. The molecule has 0 atom stereocenters. The lowest BCUT2D eigenvalue weighted by atomic mass is 10.2. The summed E-state index contributed by atoms with van der Waals surface area (Å²) >= 11 is 0. The van der Waals surface area contributed by atoms with Gasteiger partial charge in [-0.2, -0.15) is 22.0 Å². The van der Waals surface area contributed by atoms with Crippen molar-refractivity contribution in [3.63, 3.8) is 0 Å². The van der Waals surface area contributed by atoms with Gasteiger partial charge in [0.05, 0.1) is 5.56 Å². The summed E-state index contributed by atoms with van der Waals surface area (Å²) in [6, 6.07) is 12.1. The lowest BCUT2D eigenvalue weighted by Gasteiger charge is -2.13. The maximum absolute atomic E-state index is 12.9. The Kier molecular flexibility index (Phi) is 7.61. The maximum atomic E-state index is 12.9.